The van der Waals surface area contributed by atoms with Gasteiger partial charge in [0, 0.05) is 29.7 Å². The van der Waals surface area contributed by atoms with E-state index in [-0.39, 0.29) is 0 Å². The molecule has 0 aliphatic rings. The highest BCUT2D eigenvalue weighted by molar-refractivity contribution is 9.10. The maximum atomic E-state index is 5.73. The zero-order chi connectivity index (χ0) is 12.0. The van der Waals surface area contributed by atoms with Gasteiger partial charge < -0.3 is 10.3 Å². The van der Waals surface area contributed by atoms with Crippen molar-refractivity contribution in [1.82, 2.24) is 14.8 Å². The lowest BCUT2D eigenvalue weighted by atomic mass is 10.1. The number of nitrogens with zero attached hydrogens (tertiary/aromatic N) is 2. The van der Waals surface area contributed by atoms with Gasteiger partial charge in [0.25, 0.3) is 0 Å². The van der Waals surface area contributed by atoms with Crippen LogP contribution in [-0.4, -0.2) is 14.8 Å². The molecule has 2 heterocycles. The summed E-state index contributed by atoms with van der Waals surface area (Å²) >= 11 is 3.45. The molecule has 5 heteroatoms. The summed E-state index contributed by atoms with van der Waals surface area (Å²) in [6.45, 7) is 0. The topological polar surface area (TPSA) is 59.6 Å². The van der Waals surface area contributed by atoms with Crippen molar-refractivity contribution < 1.29 is 0 Å². The minimum Gasteiger partial charge on any atom is -0.381 e. The monoisotopic (exact) mass is 290 g/mol. The van der Waals surface area contributed by atoms with Crippen LogP contribution in [0.1, 0.15) is 0 Å². The van der Waals surface area contributed by atoms with E-state index in [2.05, 4.69) is 49.0 Å². The number of nitrogens with one attached hydrogen (secondary N) is 1. The fourth-order valence-corrected chi connectivity index (χ4v) is 2.45. The molecule has 2 aromatic heterocycles. The van der Waals surface area contributed by atoms with Crippen LogP contribution in [0.25, 0.3) is 22.2 Å². The first-order chi connectivity index (χ1) is 8.18. The summed E-state index contributed by atoms with van der Waals surface area (Å²) in [5.41, 5.74) is 8.93. The number of hydrogen-bond acceptors (Lipinski definition) is 2. The van der Waals surface area contributed by atoms with E-state index in [1.54, 1.807) is 0 Å². The van der Waals surface area contributed by atoms with Crippen LogP contribution in [0.2, 0.25) is 0 Å². The normalized spacial score (nSPS) is 11.2. The number of fused-ring (bicyclic) bond motifs is 1. The molecule has 1 aromatic carbocycles. The van der Waals surface area contributed by atoms with Gasteiger partial charge in [-0.05, 0) is 22.0 Å². The van der Waals surface area contributed by atoms with Crippen molar-refractivity contribution in [3.05, 3.63) is 34.9 Å². The van der Waals surface area contributed by atoms with Gasteiger partial charge in [-0.25, -0.2) is 0 Å². The minimum absolute atomic E-state index is 0.480. The quantitative estimate of drug-likeness (QED) is 0.724. The van der Waals surface area contributed by atoms with E-state index in [4.69, 9.17) is 5.73 Å². The van der Waals surface area contributed by atoms with E-state index in [0.29, 0.717) is 5.82 Å². The van der Waals surface area contributed by atoms with E-state index in [1.807, 2.05) is 19.2 Å². The summed E-state index contributed by atoms with van der Waals surface area (Å²) in [7, 11) is 2.03. The van der Waals surface area contributed by atoms with Gasteiger partial charge in [-0.15, -0.1) is 0 Å². The lowest BCUT2D eigenvalue weighted by Crippen LogP contribution is -1.83. The van der Waals surface area contributed by atoms with Crippen molar-refractivity contribution in [3.63, 3.8) is 0 Å². The lowest BCUT2D eigenvalue weighted by molar-refractivity contribution is 0.969. The number of H-pyrrole nitrogens is 1. The number of nitrogen functional groups attached to an aromatic ring is 1. The fourth-order valence-electron chi connectivity index (χ4n) is 2.06. The fraction of sp³-hybridized carbons (Fsp3) is 0.0833. The first-order valence-corrected chi connectivity index (χ1v) is 6.01. The van der Waals surface area contributed by atoms with E-state index in [9.17, 15) is 0 Å². The van der Waals surface area contributed by atoms with Crippen molar-refractivity contribution in [2.24, 2.45) is 7.05 Å². The molecule has 0 radical (unpaired) electrons. The predicted octanol–water partition coefficient (Wildman–Crippen LogP) is 2.91. The molecule has 3 N–H and O–H groups in total. The van der Waals surface area contributed by atoms with E-state index < -0.39 is 0 Å². The second-order valence-corrected chi connectivity index (χ2v) is 4.76. The maximum absolute atomic E-state index is 5.73. The Labute approximate surface area is 107 Å². The van der Waals surface area contributed by atoms with Crippen LogP contribution in [0.4, 0.5) is 5.82 Å². The van der Waals surface area contributed by atoms with Crippen LogP contribution in [0, 0.1) is 0 Å². The Morgan fingerprint density at radius 2 is 2.12 bits per heavy atom. The Hall–Kier alpha value is -1.75. The Balaban J connectivity index is 2.35. The number of benzene rings is 1. The van der Waals surface area contributed by atoms with Crippen LogP contribution in [0.5, 0.6) is 0 Å². The van der Waals surface area contributed by atoms with E-state index in [0.717, 1.165) is 15.7 Å². The molecule has 86 valence electrons. The molecule has 0 aliphatic carbocycles. The molecule has 0 aliphatic heterocycles. The lowest BCUT2D eigenvalue weighted by Gasteiger charge is -1.96. The number of hydrogen-bond donors (Lipinski definition) is 2. The third-order valence-corrected chi connectivity index (χ3v) is 3.70. The largest absolute Gasteiger partial charge is 0.381 e. The third kappa shape index (κ3) is 1.46. The van der Waals surface area contributed by atoms with Crippen LogP contribution < -0.4 is 5.73 Å². The molecule has 0 fully saturated rings. The highest BCUT2D eigenvalue weighted by Gasteiger charge is 2.14. The maximum Gasteiger partial charge on any atom is 0.160 e. The molecular formula is C12H11BrN4. The number of aromatic nitrogens is 3. The number of halogens is 1. The van der Waals surface area contributed by atoms with Crippen molar-refractivity contribution in [2.75, 3.05) is 5.73 Å². The van der Waals surface area contributed by atoms with E-state index >= 15 is 0 Å². The molecule has 0 unspecified atom stereocenters. The first-order valence-electron chi connectivity index (χ1n) is 5.22. The Kier molecular flexibility index (Phi) is 2.22. The van der Waals surface area contributed by atoms with Gasteiger partial charge in [-0.3, -0.25) is 5.10 Å². The number of nitrogens with two attached hydrogens (primary N) is 1. The number of rotatable bonds is 1. The van der Waals surface area contributed by atoms with Gasteiger partial charge in [0.05, 0.1) is 10.2 Å². The second kappa shape index (κ2) is 3.63. The highest BCUT2D eigenvalue weighted by atomic mass is 79.9. The van der Waals surface area contributed by atoms with E-state index in [1.165, 1.54) is 10.9 Å². The Morgan fingerprint density at radius 3 is 2.82 bits per heavy atom. The van der Waals surface area contributed by atoms with Gasteiger partial charge in [-0.2, -0.15) is 5.10 Å². The average molecular weight is 291 g/mol. The molecule has 0 spiro atoms. The number of aryl methyl sites for hydroxylation is 1. The molecule has 3 aromatic rings. The minimum atomic E-state index is 0.480. The van der Waals surface area contributed by atoms with Crippen LogP contribution in [-0.2, 0) is 7.05 Å². The Morgan fingerprint density at radius 1 is 1.35 bits per heavy atom. The summed E-state index contributed by atoms with van der Waals surface area (Å²) in [4.78, 5) is 0. The zero-order valence-electron chi connectivity index (χ0n) is 9.24. The standard InChI is InChI=1S/C12H11BrN4/c1-17-6-8(7-4-2-3-5-9(7)17)11-10(13)12(14)16-15-11/h2-6H,1H3,(H3,14,15,16). The first kappa shape index (κ1) is 10.4. The summed E-state index contributed by atoms with van der Waals surface area (Å²) in [6, 6.07) is 8.24. The molecule has 17 heavy (non-hydrogen) atoms. The summed E-state index contributed by atoms with van der Waals surface area (Å²) in [5, 5.41) is 8.15. The summed E-state index contributed by atoms with van der Waals surface area (Å²) in [6.07, 6.45) is 2.07. The summed E-state index contributed by atoms with van der Waals surface area (Å²) < 4.78 is 2.91. The smallest absolute Gasteiger partial charge is 0.160 e. The molecule has 0 atom stereocenters. The molecule has 0 saturated heterocycles. The molecule has 0 amide bonds. The molecule has 0 bridgehead atoms. The second-order valence-electron chi connectivity index (χ2n) is 3.97. The van der Waals surface area contributed by atoms with Crippen molar-refractivity contribution in [1.29, 1.82) is 0 Å². The van der Waals surface area contributed by atoms with Crippen LogP contribution >= 0.6 is 15.9 Å². The predicted molar refractivity (Wildman–Crippen MR) is 72.6 cm³/mol. The summed E-state index contributed by atoms with van der Waals surface area (Å²) in [5.74, 6) is 0.480. The molecule has 0 saturated carbocycles. The zero-order valence-corrected chi connectivity index (χ0v) is 10.8. The highest BCUT2D eigenvalue weighted by Crippen LogP contribution is 2.35. The van der Waals surface area contributed by atoms with Gasteiger partial charge in [0.2, 0.25) is 0 Å². The van der Waals surface area contributed by atoms with Gasteiger partial charge in [0.1, 0.15) is 0 Å². The third-order valence-electron chi connectivity index (χ3n) is 2.90. The number of aromatic amines is 1. The van der Waals surface area contributed by atoms with Gasteiger partial charge in [0.15, 0.2) is 5.82 Å². The van der Waals surface area contributed by atoms with Crippen molar-refractivity contribution >= 4 is 32.7 Å². The Bertz CT molecular complexity index is 696. The van der Waals surface area contributed by atoms with Crippen LogP contribution in [0.15, 0.2) is 34.9 Å². The van der Waals surface area contributed by atoms with Gasteiger partial charge >= 0.3 is 0 Å². The SMILES string of the molecule is Cn1cc(-c2[nH]nc(N)c2Br)c2ccccc21. The van der Waals surface area contributed by atoms with Crippen molar-refractivity contribution in [3.8, 4) is 11.3 Å². The molecule has 3 rings (SSSR count). The number of anilines is 1. The number of para-hydroxylation sites is 1. The molecular weight excluding hydrogens is 280 g/mol. The van der Waals surface area contributed by atoms with Crippen molar-refractivity contribution in [2.45, 2.75) is 0 Å². The van der Waals surface area contributed by atoms with Gasteiger partial charge in [-0.1, -0.05) is 18.2 Å². The molecule has 4 nitrogen and oxygen atoms in total. The average Bonchev–Trinajstić information content (AvgIpc) is 2.83. The van der Waals surface area contributed by atoms with Crippen LogP contribution in [0.3, 0.4) is 0 Å².